The smallest absolute Gasteiger partial charge is 0.321 e. The first kappa shape index (κ1) is 14.4. The molecule has 1 aliphatic rings. The number of halogens is 1. The number of rotatable bonds is 1. The number of nitrogens with one attached hydrogen (secondary N) is 1. The van der Waals surface area contributed by atoms with Crippen LogP contribution in [0.1, 0.15) is 24.8 Å². The van der Waals surface area contributed by atoms with Crippen molar-refractivity contribution in [2.75, 3.05) is 25.0 Å². The van der Waals surface area contributed by atoms with Crippen LogP contribution in [0.25, 0.3) is 0 Å². The van der Waals surface area contributed by atoms with Gasteiger partial charge >= 0.3 is 6.03 Å². The largest absolute Gasteiger partial charge is 0.384 e. The van der Waals surface area contributed by atoms with Crippen LogP contribution < -0.4 is 5.32 Å². The summed E-state index contributed by atoms with van der Waals surface area (Å²) in [5.74, 6) is 4.38. The van der Waals surface area contributed by atoms with Crippen LogP contribution >= 0.6 is 0 Å². The number of nitrogens with zero attached hydrogens (tertiary/aromatic N) is 1. The Morgan fingerprint density at radius 2 is 2.10 bits per heavy atom. The van der Waals surface area contributed by atoms with Gasteiger partial charge in [0.05, 0.1) is 5.56 Å². The van der Waals surface area contributed by atoms with Crippen LogP contribution in [-0.4, -0.2) is 35.7 Å². The third-order valence-corrected chi connectivity index (χ3v) is 3.17. The Kier molecular flexibility index (Phi) is 4.97. The van der Waals surface area contributed by atoms with Gasteiger partial charge < -0.3 is 15.3 Å². The molecule has 4 nitrogen and oxygen atoms in total. The number of carbonyl (C=O) groups excluding carboxylic acids is 1. The fourth-order valence-electron chi connectivity index (χ4n) is 2.13. The second-order valence-electron chi connectivity index (χ2n) is 4.63. The molecular weight excluding hydrogens is 259 g/mol. The molecule has 0 aromatic heterocycles. The molecule has 1 fully saturated rings. The van der Waals surface area contributed by atoms with Gasteiger partial charge in [0, 0.05) is 18.8 Å². The molecule has 106 valence electrons. The number of hydrogen-bond acceptors (Lipinski definition) is 2. The Labute approximate surface area is 117 Å². The topological polar surface area (TPSA) is 52.6 Å². The van der Waals surface area contributed by atoms with Crippen molar-refractivity contribution in [3.63, 3.8) is 0 Å². The number of aliphatic hydroxyl groups excluding tert-OH is 1. The van der Waals surface area contributed by atoms with E-state index in [-0.39, 0.29) is 18.2 Å². The second kappa shape index (κ2) is 6.92. The second-order valence-corrected chi connectivity index (χ2v) is 4.63. The number of carbonyl (C=O) groups is 1. The molecule has 0 radical (unpaired) electrons. The predicted octanol–water partition coefficient (Wildman–Crippen LogP) is 2.19. The first-order chi connectivity index (χ1) is 9.70. The fraction of sp³-hybridized carbons (Fsp3) is 0.400. The van der Waals surface area contributed by atoms with Gasteiger partial charge in [-0.1, -0.05) is 11.8 Å². The average molecular weight is 276 g/mol. The van der Waals surface area contributed by atoms with Crippen LogP contribution in [0.3, 0.4) is 0 Å². The van der Waals surface area contributed by atoms with Crippen LogP contribution in [0.4, 0.5) is 14.9 Å². The number of amides is 2. The number of benzene rings is 1. The average Bonchev–Trinajstić information content (AvgIpc) is 2.47. The molecule has 1 heterocycles. The summed E-state index contributed by atoms with van der Waals surface area (Å²) in [7, 11) is 0. The molecule has 1 saturated heterocycles. The molecule has 2 rings (SSSR count). The molecule has 1 aliphatic heterocycles. The summed E-state index contributed by atoms with van der Waals surface area (Å²) in [4.78, 5) is 13.7. The van der Waals surface area contributed by atoms with E-state index < -0.39 is 5.82 Å². The first-order valence-electron chi connectivity index (χ1n) is 6.66. The van der Waals surface area contributed by atoms with Gasteiger partial charge in [-0.05, 0) is 37.5 Å². The fourth-order valence-corrected chi connectivity index (χ4v) is 2.13. The molecule has 1 aromatic carbocycles. The highest BCUT2D eigenvalue weighted by molar-refractivity contribution is 5.89. The van der Waals surface area contributed by atoms with E-state index >= 15 is 0 Å². The van der Waals surface area contributed by atoms with Crippen molar-refractivity contribution >= 4 is 11.7 Å². The van der Waals surface area contributed by atoms with Crippen molar-refractivity contribution < 1.29 is 14.3 Å². The molecule has 1 aromatic rings. The van der Waals surface area contributed by atoms with Crippen molar-refractivity contribution in [3.8, 4) is 11.8 Å². The van der Waals surface area contributed by atoms with E-state index in [4.69, 9.17) is 5.11 Å². The van der Waals surface area contributed by atoms with Gasteiger partial charge in [0.25, 0.3) is 0 Å². The van der Waals surface area contributed by atoms with E-state index in [0.717, 1.165) is 32.4 Å². The van der Waals surface area contributed by atoms with Gasteiger partial charge in [0.1, 0.15) is 12.4 Å². The van der Waals surface area contributed by atoms with Gasteiger partial charge in [-0.2, -0.15) is 0 Å². The number of hydrogen-bond donors (Lipinski definition) is 2. The van der Waals surface area contributed by atoms with E-state index in [1.54, 1.807) is 11.0 Å². The van der Waals surface area contributed by atoms with Gasteiger partial charge in [-0.25, -0.2) is 9.18 Å². The Morgan fingerprint density at radius 3 is 2.75 bits per heavy atom. The molecular formula is C15H17FN2O2. The molecule has 0 atom stereocenters. The zero-order valence-electron chi connectivity index (χ0n) is 11.2. The van der Waals surface area contributed by atoms with Crippen LogP contribution in [0, 0.1) is 17.7 Å². The highest BCUT2D eigenvalue weighted by Crippen LogP contribution is 2.16. The minimum atomic E-state index is -0.512. The van der Waals surface area contributed by atoms with Crippen LogP contribution in [0.5, 0.6) is 0 Å². The Hall–Kier alpha value is -2.06. The third kappa shape index (κ3) is 3.72. The summed E-state index contributed by atoms with van der Waals surface area (Å²) in [5, 5.41) is 11.3. The monoisotopic (exact) mass is 276 g/mol. The van der Waals surface area contributed by atoms with Crippen molar-refractivity contribution in [2.45, 2.75) is 19.3 Å². The summed E-state index contributed by atoms with van der Waals surface area (Å²) in [5.41, 5.74) is 0.614. The Morgan fingerprint density at radius 1 is 1.35 bits per heavy atom. The lowest BCUT2D eigenvalue weighted by molar-refractivity contribution is 0.200. The van der Waals surface area contributed by atoms with E-state index in [0.29, 0.717) is 5.69 Å². The van der Waals surface area contributed by atoms with Crippen molar-refractivity contribution in [1.82, 2.24) is 4.90 Å². The molecule has 2 N–H and O–H groups in total. The molecule has 2 amide bonds. The van der Waals surface area contributed by atoms with E-state index in [2.05, 4.69) is 17.2 Å². The molecule has 0 saturated carbocycles. The van der Waals surface area contributed by atoms with Gasteiger partial charge in [0.2, 0.25) is 0 Å². The number of likely N-dealkylation sites (tertiary alicyclic amines) is 1. The normalized spacial score (nSPS) is 14.4. The van der Waals surface area contributed by atoms with Crippen molar-refractivity contribution in [3.05, 3.63) is 29.6 Å². The number of aliphatic hydroxyl groups is 1. The SMILES string of the molecule is O=C(Nc1ccc(C#CCO)c(F)c1)N1CCCCC1. The molecule has 0 unspecified atom stereocenters. The van der Waals surface area contributed by atoms with Crippen molar-refractivity contribution in [1.29, 1.82) is 0 Å². The van der Waals surface area contributed by atoms with Crippen LogP contribution in [0.2, 0.25) is 0 Å². The number of urea groups is 1. The Bertz CT molecular complexity index is 543. The molecule has 0 aliphatic carbocycles. The summed E-state index contributed by atoms with van der Waals surface area (Å²) >= 11 is 0. The van der Waals surface area contributed by atoms with Crippen LogP contribution in [0.15, 0.2) is 18.2 Å². The standard InChI is InChI=1S/C15H17FN2O2/c16-14-11-13(7-6-12(14)5-4-10-19)17-15(20)18-8-2-1-3-9-18/h6-7,11,19H,1-3,8-10H2,(H,17,20). The highest BCUT2D eigenvalue weighted by atomic mass is 19.1. The highest BCUT2D eigenvalue weighted by Gasteiger charge is 2.16. The molecule has 5 heteroatoms. The minimum Gasteiger partial charge on any atom is -0.384 e. The summed E-state index contributed by atoms with van der Waals surface area (Å²) in [6.07, 6.45) is 3.17. The minimum absolute atomic E-state index is 0.196. The van der Waals surface area contributed by atoms with Gasteiger partial charge in [-0.15, -0.1) is 0 Å². The van der Waals surface area contributed by atoms with E-state index in [1.807, 2.05) is 0 Å². The number of piperidine rings is 1. The van der Waals surface area contributed by atoms with E-state index in [1.165, 1.54) is 12.1 Å². The summed E-state index contributed by atoms with van der Waals surface area (Å²) in [6.45, 7) is 1.18. The molecule has 20 heavy (non-hydrogen) atoms. The lowest BCUT2D eigenvalue weighted by Crippen LogP contribution is -2.38. The lowest BCUT2D eigenvalue weighted by Gasteiger charge is -2.26. The lowest BCUT2D eigenvalue weighted by atomic mass is 10.1. The summed E-state index contributed by atoms with van der Waals surface area (Å²) < 4.78 is 13.7. The number of anilines is 1. The zero-order valence-corrected chi connectivity index (χ0v) is 11.2. The van der Waals surface area contributed by atoms with E-state index in [9.17, 15) is 9.18 Å². The molecule has 0 spiro atoms. The van der Waals surface area contributed by atoms with Crippen molar-refractivity contribution in [2.24, 2.45) is 0 Å². The maximum absolute atomic E-state index is 13.7. The first-order valence-corrected chi connectivity index (χ1v) is 6.66. The maximum atomic E-state index is 13.7. The zero-order chi connectivity index (χ0) is 14.4. The Balaban J connectivity index is 2.02. The maximum Gasteiger partial charge on any atom is 0.321 e. The molecule has 0 bridgehead atoms. The van der Waals surface area contributed by atoms with Crippen LogP contribution in [-0.2, 0) is 0 Å². The predicted molar refractivity (Wildman–Crippen MR) is 74.8 cm³/mol. The quantitative estimate of drug-likeness (QED) is 0.773. The van der Waals surface area contributed by atoms with Gasteiger partial charge in [0.15, 0.2) is 0 Å². The third-order valence-electron chi connectivity index (χ3n) is 3.17. The summed E-state index contributed by atoms with van der Waals surface area (Å²) in [6, 6.07) is 4.14. The van der Waals surface area contributed by atoms with Gasteiger partial charge in [-0.3, -0.25) is 0 Å².